The molecule has 1 atom stereocenters. The van der Waals surface area contributed by atoms with Gasteiger partial charge in [0.2, 0.25) is 0 Å². The number of halogens is 1. The van der Waals surface area contributed by atoms with Gasteiger partial charge in [-0.15, -0.1) is 11.3 Å². The van der Waals surface area contributed by atoms with Crippen molar-refractivity contribution in [3.8, 4) is 0 Å². The Morgan fingerprint density at radius 1 is 1.54 bits per heavy atom. The molecule has 1 aromatic rings. The first-order valence-corrected chi connectivity index (χ1v) is 6.40. The van der Waals surface area contributed by atoms with Crippen molar-refractivity contribution in [3.63, 3.8) is 0 Å². The monoisotopic (exact) mass is 261 g/mol. The van der Waals surface area contributed by atoms with Crippen LogP contribution < -0.4 is 5.73 Å². The largest absolute Gasteiger partial charge is 0.323 e. The first kappa shape index (κ1) is 11.2. The maximum absolute atomic E-state index is 6.04. The molecule has 0 aliphatic rings. The second-order valence-corrected chi connectivity index (χ2v) is 5.13. The molecule has 1 unspecified atom stereocenters. The third-order valence-corrected chi connectivity index (χ3v) is 3.90. The lowest BCUT2D eigenvalue weighted by Gasteiger charge is -2.07. The SMILES string of the molecule is CCCCCC(N)c1cc(Br)cs1. The zero-order chi connectivity index (χ0) is 9.68. The molecule has 0 fully saturated rings. The van der Waals surface area contributed by atoms with Gasteiger partial charge in [-0.05, 0) is 28.4 Å². The predicted molar refractivity (Wildman–Crippen MR) is 63.1 cm³/mol. The van der Waals surface area contributed by atoms with Crippen molar-refractivity contribution in [3.05, 3.63) is 20.8 Å². The van der Waals surface area contributed by atoms with Crippen molar-refractivity contribution in [2.75, 3.05) is 0 Å². The standard InChI is InChI=1S/C10H16BrNS/c1-2-3-4-5-9(12)10-6-8(11)7-13-10/h6-7,9H,2-5,12H2,1H3. The fourth-order valence-electron chi connectivity index (χ4n) is 1.28. The van der Waals surface area contributed by atoms with E-state index in [1.807, 2.05) is 0 Å². The average molecular weight is 262 g/mol. The number of unbranched alkanes of at least 4 members (excludes halogenated alkanes) is 2. The Balaban J connectivity index is 2.35. The van der Waals surface area contributed by atoms with E-state index in [1.54, 1.807) is 11.3 Å². The van der Waals surface area contributed by atoms with Crippen LogP contribution in [0.2, 0.25) is 0 Å². The van der Waals surface area contributed by atoms with Crippen molar-refractivity contribution in [2.45, 2.75) is 38.6 Å². The first-order valence-electron chi connectivity index (χ1n) is 4.73. The van der Waals surface area contributed by atoms with E-state index >= 15 is 0 Å². The van der Waals surface area contributed by atoms with Gasteiger partial charge < -0.3 is 5.73 Å². The van der Waals surface area contributed by atoms with Gasteiger partial charge in [0, 0.05) is 20.8 Å². The summed E-state index contributed by atoms with van der Waals surface area (Å²) in [5, 5.41) is 2.09. The number of hydrogen-bond acceptors (Lipinski definition) is 2. The Kier molecular flexibility index (Phi) is 4.99. The third kappa shape index (κ3) is 3.79. The van der Waals surface area contributed by atoms with Crippen molar-refractivity contribution in [2.24, 2.45) is 5.73 Å². The molecule has 0 saturated carbocycles. The molecule has 13 heavy (non-hydrogen) atoms. The Hall–Kier alpha value is 0.140. The van der Waals surface area contributed by atoms with Crippen LogP contribution in [0.3, 0.4) is 0 Å². The molecule has 0 radical (unpaired) electrons. The summed E-state index contributed by atoms with van der Waals surface area (Å²) in [6, 6.07) is 2.37. The number of rotatable bonds is 5. The summed E-state index contributed by atoms with van der Waals surface area (Å²) < 4.78 is 1.15. The minimum absolute atomic E-state index is 0.239. The smallest absolute Gasteiger partial charge is 0.0390 e. The van der Waals surface area contributed by atoms with Gasteiger partial charge in [-0.25, -0.2) is 0 Å². The maximum Gasteiger partial charge on any atom is 0.0390 e. The zero-order valence-electron chi connectivity index (χ0n) is 7.92. The van der Waals surface area contributed by atoms with Crippen LogP contribution in [0.15, 0.2) is 15.9 Å². The topological polar surface area (TPSA) is 26.0 Å². The molecule has 74 valence electrons. The van der Waals surface area contributed by atoms with Gasteiger partial charge in [0.05, 0.1) is 0 Å². The van der Waals surface area contributed by atoms with Gasteiger partial charge in [0.25, 0.3) is 0 Å². The van der Waals surface area contributed by atoms with E-state index < -0.39 is 0 Å². The van der Waals surface area contributed by atoms with Crippen LogP contribution in [0.4, 0.5) is 0 Å². The Bertz CT molecular complexity index is 247. The lowest BCUT2D eigenvalue weighted by molar-refractivity contribution is 0.587. The average Bonchev–Trinajstić information content (AvgIpc) is 2.52. The van der Waals surface area contributed by atoms with E-state index in [9.17, 15) is 0 Å². The van der Waals surface area contributed by atoms with Gasteiger partial charge >= 0.3 is 0 Å². The summed E-state index contributed by atoms with van der Waals surface area (Å²) in [4.78, 5) is 1.29. The first-order chi connectivity index (χ1) is 6.24. The van der Waals surface area contributed by atoms with E-state index in [2.05, 4.69) is 34.3 Å². The molecule has 0 bridgehead atoms. The normalized spacial score (nSPS) is 13.2. The van der Waals surface area contributed by atoms with E-state index in [-0.39, 0.29) is 6.04 Å². The van der Waals surface area contributed by atoms with Crippen molar-refractivity contribution < 1.29 is 0 Å². The number of nitrogens with two attached hydrogens (primary N) is 1. The van der Waals surface area contributed by atoms with Crippen LogP contribution in [0.1, 0.15) is 43.5 Å². The highest BCUT2D eigenvalue weighted by Gasteiger charge is 2.07. The summed E-state index contributed by atoms with van der Waals surface area (Å²) in [6.07, 6.45) is 4.91. The summed E-state index contributed by atoms with van der Waals surface area (Å²) in [5.74, 6) is 0. The van der Waals surface area contributed by atoms with E-state index in [0.29, 0.717) is 0 Å². The fourth-order valence-corrected chi connectivity index (χ4v) is 2.76. The summed E-state index contributed by atoms with van der Waals surface area (Å²) in [5.41, 5.74) is 6.04. The molecular weight excluding hydrogens is 246 g/mol. The lowest BCUT2D eigenvalue weighted by Crippen LogP contribution is -2.07. The molecule has 0 aliphatic heterocycles. The Morgan fingerprint density at radius 3 is 2.85 bits per heavy atom. The number of thiophene rings is 1. The zero-order valence-corrected chi connectivity index (χ0v) is 10.3. The molecule has 0 amide bonds. The lowest BCUT2D eigenvalue weighted by atomic mass is 10.1. The number of hydrogen-bond donors (Lipinski definition) is 1. The van der Waals surface area contributed by atoms with Crippen molar-refractivity contribution in [1.29, 1.82) is 0 Å². The fraction of sp³-hybridized carbons (Fsp3) is 0.600. The predicted octanol–water partition coefficient (Wildman–Crippen LogP) is 4.09. The molecule has 0 saturated heterocycles. The summed E-state index contributed by atoms with van der Waals surface area (Å²) in [7, 11) is 0. The molecular formula is C10H16BrNS. The quantitative estimate of drug-likeness (QED) is 0.794. The van der Waals surface area contributed by atoms with Crippen molar-refractivity contribution in [1.82, 2.24) is 0 Å². The third-order valence-electron chi connectivity index (χ3n) is 2.07. The molecule has 0 spiro atoms. The second-order valence-electron chi connectivity index (χ2n) is 3.27. The summed E-state index contributed by atoms with van der Waals surface area (Å²) in [6.45, 7) is 2.22. The van der Waals surface area contributed by atoms with Crippen LogP contribution in [0, 0.1) is 0 Å². The van der Waals surface area contributed by atoms with Gasteiger partial charge in [-0.3, -0.25) is 0 Å². The minimum atomic E-state index is 0.239. The van der Waals surface area contributed by atoms with Crippen LogP contribution in [-0.2, 0) is 0 Å². The highest BCUT2D eigenvalue weighted by molar-refractivity contribution is 9.10. The Labute approximate surface area is 92.5 Å². The van der Waals surface area contributed by atoms with Gasteiger partial charge in [-0.2, -0.15) is 0 Å². The maximum atomic E-state index is 6.04. The highest BCUT2D eigenvalue weighted by Crippen LogP contribution is 2.26. The second kappa shape index (κ2) is 5.78. The highest BCUT2D eigenvalue weighted by atomic mass is 79.9. The summed E-state index contributed by atoms with van der Waals surface area (Å²) >= 11 is 5.18. The minimum Gasteiger partial charge on any atom is -0.323 e. The molecule has 1 aromatic heterocycles. The van der Waals surface area contributed by atoms with Crippen molar-refractivity contribution >= 4 is 27.3 Å². The van der Waals surface area contributed by atoms with Crippen LogP contribution in [0.5, 0.6) is 0 Å². The van der Waals surface area contributed by atoms with Gasteiger partial charge in [0.15, 0.2) is 0 Å². The molecule has 3 heteroatoms. The van der Waals surface area contributed by atoms with E-state index in [1.165, 1.54) is 24.1 Å². The van der Waals surface area contributed by atoms with E-state index in [4.69, 9.17) is 5.73 Å². The van der Waals surface area contributed by atoms with Crippen LogP contribution in [-0.4, -0.2) is 0 Å². The van der Waals surface area contributed by atoms with Gasteiger partial charge in [-0.1, -0.05) is 26.2 Å². The Morgan fingerprint density at radius 2 is 2.31 bits per heavy atom. The molecule has 0 aliphatic carbocycles. The molecule has 1 nitrogen and oxygen atoms in total. The molecule has 0 aromatic carbocycles. The molecule has 1 heterocycles. The molecule has 1 rings (SSSR count). The van der Waals surface area contributed by atoms with Crippen LogP contribution >= 0.6 is 27.3 Å². The van der Waals surface area contributed by atoms with Gasteiger partial charge in [0.1, 0.15) is 0 Å². The van der Waals surface area contributed by atoms with Crippen LogP contribution in [0.25, 0.3) is 0 Å². The molecule has 2 N–H and O–H groups in total. The van der Waals surface area contributed by atoms with E-state index in [0.717, 1.165) is 10.9 Å².